The summed E-state index contributed by atoms with van der Waals surface area (Å²) < 4.78 is 33.5. The monoisotopic (exact) mass is 359 g/mol. The molecule has 0 fully saturated rings. The Morgan fingerprint density at radius 3 is 3.00 bits per heavy atom. The highest BCUT2D eigenvalue weighted by Gasteiger charge is 2.35. The van der Waals surface area contributed by atoms with Gasteiger partial charge in [-0.25, -0.2) is 0 Å². The second-order valence-corrected chi connectivity index (χ2v) is 8.01. The van der Waals surface area contributed by atoms with E-state index in [0.29, 0.717) is 23.8 Å². The third kappa shape index (κ3) is 2.92. The number of likely N-dealkylation sites (N-methyl/N-ethyl adjacent to an activating group) is 1. The fourth-order valence-electron chi connectivity index (χ4n) is 3.42. The number of hydrazone groups is 1. The van der Waals surface area contributed by atoms with Gasteiger partial charge in [0.2, 0.25) is 0 Å². The van der Waals surface area contributed by atoms with Crippen molar-refractivity contribution in [3.63, 3.8) is 0 Å². The SMILES string of the molecule is CN(/N=C/c1ccc2c(c1)COB2O)C1=NS(=O)(=O)C2=C1CCCC2. The molecule has 0 saturated carbocycles. The fraction of sp³-hybridized carbons (Fsp3) is 0.375. The molecule has 0 unspecified atom stereocenters. The van der Waals surface area contributed by atoms with Crippen molar-refractivity contribution in [3.8, 4) is 0 Å². The van der Waals surface area contributed by atoms with Gasteiger partial charge in [0.05, 0.1) is 17.7 Å². The minimum atomic E-state index is -3.53. The number of sulfonamides is 1. The van der Waals surface area contributed by atoms with Crippen LogP contribution in [-0.4, -0.2) is 44.7 Å². The minimum Gasteiger partial charge on any atom is -0.423 e. The molecule has 0 spiro atoms. The summed E-state index contributed by atoms with van der Waals surface area (Å²) in [5, 5.41) is 15.5. The van der Waals surface area contributed by atoms with Crippen LogP contribution in [0.1, 0.15) is 36.8 Å². The number of amidine groups is 1. The summed E-state index contributed by atoms with van der Waals surface area (Å²) >= 11 is 0. The third-order valence-electron chi connectivity index (χ3n) is 4.72. The van der Waals surface area contributed by atoms with Gasteiger partial charge in [-0.05, 0) is 48.3 Å². The minimum absolute atomic E-state index is 0.370. The van der Waals surface area contributed by atoms with Crippen LogP contribution in [0.3, 0.4) is 0 Å². The lowest BCUT2D eigenvalue weighted by Gasteiger charge is -2.18. The molecule has 0 atom stereocenters. The van der Waals surface area contributed by atoms with E-state index in [9.17, 15) is 13.4 Å². The normalized spacial score (nSPS) is 21.5. The summed E-state index contributed by atoms with van der Waals surface area (Å²) in [6.07, 6.45) is 4.80. The summed E-state index contributed by atoms with van der Waals surface area (Å²) in [6, 6.07) is 5.56. The Morgan fingerprint density at radius 1 is 1.36 bits per heavy atom. The van der Waals surface area contributed by atoms with E-state index in [1.807, 2.05) is 18.2 Å². The van der Waals surface area contributed by atoms with E-state index in [1.54, 1.807) is 13.3 Å². The Hall–Kier alpha value is -1.97. The Balaban J connectivity index is 1.57. The zero-order valence-corrected chi connectivity index (χ0v) is 14.7. The van der Waals surface area contributed by atoms with E-state index in [2.05, 4.69) is 9.50 Å². The second-order valence-electron chi connectivity index (χ2n) is 6.39. The van der Waals surface area contributed by atoms with Crippen LogP contribution in [0.5, 0.6) is 0 Å². The first kappa shape index (κ1) is 16.5. The Labute approximate surface area is 146 Å². The van der Waals surface area contributed by atoms with Crippen LogP contribution in [0.2, 0.25) is 0 Å². The summed E-state index contributed by atoms with van der Waals surface area (Å²) in [5.41, 5.74) is 3.35. The van der Waals surface area contributed by atoms with E-state index in [0.717, 1.165) is 41.4 Å². The lowest BCUT2D eigenvalue weighted by molar-refractivity contribution is 0.275. The molecule has 0 radical (unpaired) electrons. The molecule has 1 aliphatic carbocycles. The van der Waals surface area contributed by atoms with Crippen molar-refractivity contribution >= 4 is 34.7 Å². The molecule has 2 heterocycles. The lowest BCUT2D eigenvalue weighted by atomic mass is 9.79. The van der Waals surface area contributed by atoms with Crippen LogP contribution >= 0.6 is 0 Å². The van der Waals surface area contributed by atoms with Crippen molar-refractivity contribution < 1.29 is 18.1 Å². The predicted molar refractivity (Wildman–Crippen MR) is 96.0 cm³/mol. The van der Waals surface area contributed by atoms with Gasteiger partial charge in [0.1, 0.15) is 0 Å². The average Bonchev–Trinajstić information content (AvgIpc) is 3.11. The zero-order chi connectivity index (χ0) is 17.6. The Bertz CT molecular complexity index is 923. The highest BCUT2D eigenvalue weighted by Crippen LogP contribution is 2.36. The molecule has 3 aliphatic rings. The van der Waals surface area contributed by atoms with Crippen LogP contribution in [0.4, 0.5) is 0 Å². The molecule has 9 heteroatoms. The van der Waals surface area contributed by atoms with Crippen LogP contribution in [0.15, 0.2) is 38.2 Å². The van der Waals surface area contributed by atoms with Gasteiger partial charge in [0.15, 0.2) is 5.84 Å². The van der Waals surface area contributed by atoms with Crippen LogP contribution in [0, 0.1) is 0 Å². The van der Waals surface area contributed by atoms with Gasteiger partial charge in [0, 0.05) is 12.6 Å². The number of allylic oxidation sites excluding steroid dienone is 1. The standard InChI is InChI=1S/C16H18BN3O4S/c1-20(16-13-4-2-3-5-15(13)25(22,23)19-16)18-9-11-6-7-14-12(8-11)10-24-17(14)21/h6-9,21H,2-5,10H2,1H3/b18-9+. The van der Waals surface area contributed by atoms with Crippen molar-refractivity contribution in [2.24, 2.45) is 9.50 Å². The molecule has 0 saturated heterocycles. The summed E-state index contributed by atoms with van der Waals surface area (Å²) in [4.78, 5) is 0.458. The van der Waals surface area contributed by atoms with Crippen LogP contribution in [0.25, 0.3) is 0 Å². The van der Waals surface area contributed by atoms with Gasteiger partial charge in [-0.2, -0.15) is 13.5 Å². The van der Waals surface area contributed by atoms with Crippen molar-refractivity contribution in [2.45, 2.75) is 32.3 Å². The van der Waals surface area contributed by atoms with Crippen LogP contribution in [-0.2, 0) is 21.3 Å². The fourth-order valence-corrected chi connectivity index (χ4v) is 4.89. The van der Waals surface area contributed by atoms with Gasteiger partial charge >= 0.3 is 7.12 Å². The lowest BCUT2D eigenvalue weighted by Crippen LogP contribution is -2.27. The molecule has 0 aromatic heterocycles. The first-order valence-electron chi connectivity index (χ1n) is 8.23. The molecule has 130 valence electrons. The number of nitrogens with zero attached hydrogens (tertiary/aromatic N) is 3. The highest BCUT2D eigenvalue weighted by molar-refractivity contribution is 7.94. The number of fused-ring (bicyclic) bond motifs is 1. The Morgan fingerprint density at radius 2 is 2.16 bits per heavy atom. The molecular weight excluding hydrogens is 341 g/mol. The van der Waals surface area contributed by atoms with E-state index in [1.165, 1.54) is 5.01 Å². The summed E-state index contributed by atoms with van der Waals surface area (Å²) in [7, 11) is -2.69. The average molecular weight is 359 g/mol. The molecule has 7 nitrogen and oxygen atoms in total. The topological polar surface area (TPSA) is 91.6 Å². The van der Waals surface area contributed by atoms with Crippen molar-refractivity contribution in [1.82, 2.24) is 5.01 Å². The maximum atomic E-state index is 12.2. The molecule has 1 aromatic carbocycles. The maximum Gasteiger partial charge on any atom is 0.491 e. The second kappa shape index (κ2) is 6.08. The van der Waals surface area contributed by atoms with Gasteiger partial charge in [-0.1, -0.05) is 12.1 Å². The maximum absolute atomic E-state index is 12.2. The first-order valence-corrected chi connectivity index (χ1v) is 9.67. The molecule has 1 N–H and O–H groups in total. The number of hydrogen-bond acceptors (Lipinski definition) is 6. The van der Waals surface area contributed by atoms with Gasteiger partial charge in [-0.3, -0.25) is 5.01 Å². The summed E-state index contributed by atoms with van der Waals surface area (Å²) in [5.74, 6) is 0.422. The molecule has 25 heavy (non-hydrogen) atoms. The molecule has 2 aliphatic heterocycles. The number of hydrogen-bond donors (Lipinski definition) is 1. The van der Waals surface area contributed by atoms with E-state index >= 15 is 0 Å². The molecule has 0 bridgehead atoms. The van der Waals surface area contributed by atoms with Crippen LogP contribution < -0.4 is 5.46 Å². The largest absolute Gasteiger partial charge is 0.491 e. The number of benzene rings is 1. The van der Waals surface area contributed by atoms with Crippen molar-refractivity contribution in [2.75, 3.05) is 7.05 Å². The van der Waals surface area contributed by atoms with Gasteiger partial charge in [0.25, 0.3) is 10.0 Å². The Kier molecular flexibility index (Phi) is 4.01. The van der Waals surface area contributed by atoms with E-state index in [4.69, 9.17) is 4.65 Å². The molecular formula is C16H18BN3O4S. The smallest absolute Gasteiger partial charge is 0.423 e. The van der Waals surface area contributed by atoms with Crippen molar-refractivity contribution in [1.29, 1.82) is 0 Å². The quantitative estimate of drug-likeness (QED) is 0.478. The van der Waals surface area contributed by atoms with Gasteiger partial charge in [-0.15, -0.1) is 4.40 Å². The molecule has 4 rings (SSSR count). The predicted octanol–water partition coefficient (Wildman–Crippen LogP) is 0.740. The van der Waals surface area contributed by atoms with Crippen molar-refractivity contribution in [3.05, 3.63) is 39.8 Å². The number of rotatable bonds is 2. The molecule has 0 amide bonds. The first-order chi connectivity index (χ1) is 12.0. The van der Waals surface area contributed by atoms with E-state index in [-0.39, 0.29) is 0 Å². The molecule has 1 aromatic rings. The third-order valence-corrected chi connectivity index (χ3v) is 6.21. The highest BCUT2D eigenvalue weighted by atomic mass is 32.2. The summed E-state index contributed by atoms with van der Waals surface area (Å²) in [6.45, 7) is 0.370. The zero-order valence-electron chi connectivity index (χ0n) is 13.8. The van der Waals surface area contributed by atoms with Gasteiger partial charge < -0.3 is 9.68 Å². The van der Waals surface area contributed by atoms with E-state index < -0.39 is 17.1 Å².